The summed E-state index contributed by atoms with van der Waals surface area (Å²) in [5, 5.41) is 4.49. The number of carbonyl (C=O) groups excluding carboxylic acids is 6. The maximum Gasteiger partial charge on any atom is 0.431 e. The number of benzene rings is 1. The summed E-state index contributed by atoms with van der Waals surface area (Å²) < 4.78 is 56.3. The number of nitrogens with one attached hydrogen (secondary N) is 2. The number of nitrogens with two attached hydrogens (primary N) is 1. The highest BCUT2D eigenvalue weighted by molar-refractivity contribution is 7.79. The van der Waals surface area contributed by atoms with Crippen LogP contribution in [0.4, 0.5) is 27.2 Å². The number of amides is 6. The second-order valence-electron chi connectivity index (χ2n) is 6.63. The second-order valence-corrected chi connectivity index (χ2v) is 6.63. The summed E-state index contributed by atoms with van der Waals surface area (Å²) in [5.74, 6) is -9.55. The maximum absolute atomic E-state index is 13.1. The molecule has 1 aromatic carbocycles. The minimum atomic E-state index is -1.75. The maximum atomic E-state index is 13.1. The van der Waals surface area contributed by atoms with Gasteiger partial charge in [0.05, 0.1) is 0 Å². The third-order valence-electron chi connectivity index (χ3n) is 4.26. The number of rotatable bonds is 2. The van der Waals surface area contributed by atoms with Gasteiger partial charge in [-0.25, -0.2) is 18.4 Å². The fraction of sp³-hybridized carbons (Fsp3) is 0.391. The SMILES string of the molecule is C.CN.CN1C(=O)C=CC1=O.CNC(=O)ON1C(=O)CCC1=O.CNC(=O)Oc1c(F)c(F)c(C)c(F)c1F.CS. The van der Waals surface area contributed by atoms with E-state index in [1.807, 2.05) is 5.32 Å². The van der Waals surface area contributed by atoms with Gasteiger partial charge in [-0.05, 0) is 20.2 Å². The molecule has 0 aromatic heterocycles. The molecule has 232 valence electrons. The van der Waals surface area contributed by atoms with Crippen molar-refractivity contribution in [3.8, 4) is 5.75 Å². The van der Waals surface area contributed by atoms with Crippen molar-refractivity contribution in [1.82, 2.24) is 20.6 Å². The number of halogens is 4. The van der Waals surface area contributed by atoms with Crippen LogP contribution < -0.4 is 21.1 Å². The number of likely N-dealkylation sites (N-methyl/N-ethyl adjacent to an activating group) is 1. The number of hydroxylamine groups is 2. The quantitative estimate of drug-likeness (QED) is 0.168. The average molecular weight is 616 g/mol. The normalized spacial score (nSPS) is 12.7. The highest BCUT2D eigenvalue weighted by atomic mass is 32.1. The smallest absolute Gasteiger partial charge is 0.404 e. The Labute approximate surface area is 239 Å². The van der Waals surface area contributed by atoms with Gasteiger partial charge in [0.25, 0.3) is 23.6 Å². The van der Waals surface area contributed by atoms with Gasteiger partial charge >= 0.3 is 12.2 Å². The molecule has 2 aliphatic heterocycles. The van der Waals surface area contributed by atoms with E-state index < -0.39 is 58.6 Å². The second kappa shape index (κ2) is 20.7. The van der Waals surface area contributed by atoms with Gasteiger partial charge in [0.15, 0.2) is 11.6 Å². The number of ether oxygens (including phenoxy) is 1. The molecule has 1 saturated heterocycles. The van der Waals surface area contributed by atoms with E-state index in [1.54, 1.807) is 6.26 Å². The Morgan fingerprint density at radius 3 is 1.49 bits per heavy atom. The first-order valence-corrected chi connectivity index (χ1v) is 11.7. The number of nitrogens with zero attached hydrogens (tertiary/aromatic N) is 2. The van der Waals surface area contributed by atoms with Crippen LogP contribution >= 0.6 is 12.6 Å². The molecule has 1 aromatic rings. The van der Waals surface area contributed by atoms with Crippen molar-refractivity contribution in [2.75, 3.05) is 34.4 Å². The Kier molecular flexibility index (Phi) is 20.8. The molecular weight excluding hydrogens is 582 g/mol. The Morgan fingerprint density at radius 2 is 1.20 bits per heavy atom. The first kappa shape index (κ1) is 41.3. The zero-order chi connectivity index (χ0) is 31.7. The van der Waals surface area contributed by atoms with E-state index in [2.05, 4.69) is 33.3 Å². The lowest BCUT2D eigenvalue weighted by atomic mass is 10.2. The summed E-state index contributed by atoms with van der Waals surface area (Å²) in [4.78, 5) is 69.2. The number of carbonyl (C=O) groups is 6. The van der Waals surface area contributed by atoms with Crippen LogP contribution in [0, 0.1) is 30.2 Å². The van der Waals surface area contributed by atoms with Gasteiger partial charge in [-0.1, -0.05) is 7.43 Å². The van der Waals surface area contributed by atoms with Crippen molar-refractivity contribution < 1.29 is 55.9 Å². The molecule has 0 saturated carbocycles. The predicted molar refractivity (Wildman–Crippen MR) is 141 cm³/mol. The molecule has 0 aliphatic carbocycles. The van der Waals surface area contributed by atoms with Crippen LogP contribution in [0.3, 0.4) is 0 Å². The lowest BCUT2D eigenvalue weighted by molar-refractivity contribution is -0.171. The van der Waals surface area contributed by atoms with E-state index in [0.29, 0.717) is 5.06 Å². The van der Waals surface area contributed by atoms with Crippen molar-refractivity contribution in [2.45, 2.75) is 27.2 Å². The molecule has 0 unspecified atom stereocenters. The molecule has 6 amide bonds. The molecule has 0 radical (unpaired) electrons. The fourth-order valence-electron chi connectivity index (χ4n) is 2.22. The molecular formula is C23H33F4N5O8S. The van der Waals surface area contributed by atoms with E-state index in [4.69, 9.17) is 0 Å². The van der Waals surface area contributed by atoms with Crippen LogP contribution in [0.15, 0.2) is 12.2 Å². The molecule has 2 aliphatic rings. The van der Waals surface area contributed by atoms with Crippen LogP contribution in [0.1, 0.15) is 25.8 Å². The minimum Gasteiger partial charge on any atom is -0.404 e. The Bertz CT molecular complexity index is 1070. The van der Waals surface area contributed by atoms with E-state index in [0.717, 1.165) is 18.9 Å². The highest BCUT2D eigenvalue weighted by Crippen LogP contribution is 2.29. The zero-order valence-corrected chi connectivity index (χ0v) is 23.2. The molecule has 3 rings (SSSR count). The minimum absolute atomic E-state index is 0. The zero-order valence-electron chi connectivity index (χ0n) is 22.3. The monoisotopic (exact) mass is 615 g/mol. The molecule has 1 fully saturated rings. The summed E-state index contributed by atoms with van der Waals surface area (Å²) in [6.07, 6.45) is 2.36. The summed E-state index contributed by atoms with van der Waals surface area (Å²) in [5.41, 5.74) is 3.68. The highest BCUT2D eigenvalue weighted by Gasteiger charge is 2.32. The van der Waals surface area contributed by atoms with Crippen LogP contribution in [0.5, 0.6) is 5.75 Å². The van der Waals surface area contributed by atoms with Gasteiger partial charge in [-0.3, -0.25) is 24.1 Å². The molecule has 0 spiro atoms. The third-order valence-corrected chi connectivity index (χ3v) is 4.26. The average Bonchev–Trinajstić information content (AvgIpc) is 3.45. The number of hydrogen-bond donors (Lipinski definition) is 4. The Morgan fingerprint density at radius 1 is 0.829 bits per heavy atom. The number of thiol groups is 1. The van der Waals surface area contributed by atoms with E-state index in [9.17, 15) is 46.3 Å². The van der Waals surface area contributed by atoms with Gasteiger partial charge in [-0.15, -0.1) is 5.06 Å². The molecule has 0 atom stereocenters. The predicted octanol–water partition coefficient (Wildman–Crippen LogP) is 1.97. The Balaban J connectivity index is -0.000000512. The molecule has 2 heterocycles. The first-order valence-electron chi connectivity index (χ1n) is 10.8. The van der Waals surface area contributed by atoms with Crippen molar-refractivity contribution >= 4 is 48.4 Å². The standard InChI is InChI=1S/C9H7F4NO2.C6H8N2O4.C5H5NO2.CH5N.CH4S.CH4/c1-3-4(10)6(12)8(7(13)5(3)11)16-9(15)14-2;1-7-6(11)12-8-4(9)2-3-5(8)10;1-6-4(7)2-3-5(6)8;2*1-2;/h1-2H3,(H,14,15);2-3H2,1H3,(H,7,11);2-3H,1H3;2H2,1H3;2H,1H3;1H4. The summed E-state index contributed by atoms with van der Waals surface area (Å²) in [6.45, 7) is 0.862. The number of imide groups is 2. The van der Waals surface area contributed by atoms with Crippen LogP contribution in [0.25, 0.3) is 0 Å². The summed E-state index contributed by atoms with van der Waals surface area (Å²) >= 11 is 3.53. The van der Waals surface area contributed by atoms with E-state index >= 15 is 0 Å². The lowest BCUT2D eigenvalue weighted by Crippen LogP contribution is -2.35. The number of hydrogen-bond acceptors (Lipinski definition) is 10. The third kappa shape index (κ3) is 12.2. The van der Waals surface area contributed by atoms with Crippen molar-refractivity contribution in [3.05, 3.63) is 41.0 Å². The van der Waals surface area contributed by atoms with Crippen molar-refractivity contribution in [3.63, 3.8) is 0 Å². The fourth-order valence-corrected chi connectivity index (χ4v) is 2.22. The van der Waals surface area contributed by atoms with Gasteiger partial charge in [-0.2, -0.15) is 21.4 Å². The van der Waals surface area contributed by atoms with Gasteiger partial charge in [0.1, 0.15) is 0 Å². The molecule has 4 N–H and O–H groups in total. The van der Waals surface area contributed by atoms with Crippen molar-refractivity contribution in [1.29, 1.82) is 0 Å². The van der Waals surface area contributed by atoms with Crippen LogP contribution in [-0.4, -0.2) is 80.2 Å². The summed E-state index contributed by atoms with van der Waals surface area (Å²) in [6, 6.07) is 0. The molecule has 0 bridgehead atoms. The lowest BCUT2D eigenvalue weighted by Gasteiger charge is -2.11. The van der Waals surface area contributed by atoms with E-state index in [1.165, 1.54) is 33.3 Å². The molecule has 41 heavy (non-hydrogen) atoms. The molecule has 13 nitrogen and oxygen atoms in total. The van der Waals surface area contributed by atoms with Crippen LogP contribution in [-0.2, 0) is 24.0 Å². The van der Waals surface area contributed by atoms with Gasteiger partial charge in [0, 0.05) is 51.7 Å². The van der Waals surface area contributed by atoms with E-state index in [-0.39, 0.29) is 32.1 Å². The van der Waals surface area contributed by atoms with Gasteiger partial charge < -0.3 is 25.9 Å². The Hall–Kier alpha value is -4.19. The molecule has 18 heteroatoms. The first-order chi connectivity index (χ1) is 18.8. The summed E-state index contributed by atoms with van der Waals surface area (Å²) in [7, 11) is 5.41. The topological polar surface area (TPSA) is 177 Å². The largest absolute Gasteiger partial charge is 0.431 e. The van der Waals surface area contributed by atoms with Crippen LogP contribution in [0.2, 0.25) is 0 Å². The van der Waals surface area contributed by atoms with Crippen molar-refractivity contribution in [2.24, 2.45) is 5.73 Å². The van der Waals surface area contributed by atoms with Gasteiger partial charge in [0.2, 0.25) is 17.4 Å².